The molecule has 35 heavy (non-hydrogen) atoms. The van der Waals surface area contributed by atoms with Gasteiger partial charge in [-0.1, -0.05) is 42.5 Å². The number of carboxylic acids is 1. The number of benzene rings is 3. The van der Waals surface area contributed by atoms with Crippen molar-refractivity contribution in [2.24, 2.45) is 7.05 Å². The van der Waals surface area contributed by atoms with Crippen molar-refractivity contribution in [1.82, 2.24) is 13.7 Å². The zero-order chi connectivity index (χ0) is 24.7. The van der Waals surface area contributed by atoms with Crippen LogP contribution in [-0.2, 0) is 24.8 Å². The number of carbonyl (C=O) groups is 1. The smallest absolute Gasteiger partial charge is 0.330 e. The van der Waals surface area contributed by atoms with Crippen molar-refractivity contribution in [3.8, 4) is 6.07 Å². The number of aryl methyl sites for hydroxylation is 2. The van der Waals surface area contributed by atoms with Crippen LogP contribution in [0.1, 0.15) is 28.3 Å². The van der Waals surface area contributed by atoms with Crippen LogP contribution in [0, 0.1) is 18.3 Å². The number of rotatable bonds is 6. The first-order valence-electron chi connectivity index (χ1n) is 11.3. The molecule has 7 heteroatoms. The van der Waals surface area contributed by atoms with Crippen molar-refractivity contribution in [2.75, 3.05) is 0 Å². The normalized spacial score (nSPS) is 12.1. The molecule has 0 amide bonds. The number of hydrogen-bond donors (Lipinski definition) is 1. The summed E-state index contributed by atoms with van der Waals surface area (Å²) in [6.45, 7) is 2.32. The maximum absolute atomic E-state index is 13.8. The molecule has 0 radical (unpaired) electrons. The predicted octanol–water partition coefficient (Wildman–Crippen LogP) is 4.39. The molecule has 2 heterocycles. The Morgan fingerprint density at radius 1 is 1.03 bits per heavy atom. The van der Waals surface area contributed by atoms with Gasteiger partial charge in [0.2, 0.25) is 0 Å². The van der Waals surface area contributed by atoms with Gasteiger partial charge in [-0.2, -0.15) is 5.26 Å². The summed E-state index contributed by atoms with van der Waals surface area (Å²) < 4.78 is 4.97. The minimum atomic E-state index is -1.11. The minimum Gasteiger partial charge on any atom is -0.480 e. The summed E-state index contributed by atoms with van der Waals surface area (Å²) in [4.78, 5) is 26.2. The molecule has 0 fully saturated rings. The molecule has 0 aliphatic carbocycles. The van der Waals surface area contributed by atoms with E-state index in [-0.39, 0.29) is 13.0 Å². The van der Waals surface area contributed by atoms with Crippen LogP contribution in [0.15, 0.2) is 77.7 Å². The van der Waals surface area contributed by atoms with Gasteiger partial charge in [-0.05, 0) is 47.9 Å². The van der Waals surface area contributed by atoms with Gasteiger partial charge in [0.15, 0.2) is 0 Å². The minimum absolute atomic E-state index is 0.152. The number of hydrogen-bond acceptors (Lipinski definition) is 3. The maximum Gasteiger partial charge on any atom is 0.330 e. The Hall–Kier alpha value is -4.57. The molecule has 2 aromatic heterocycles. The van der Waals surface area contributed by atoms with Crippen LogP contribution in [0.4, 0.5) is 0 Å². The van der Waals surface area contributed by atoms with Gasteiger partial charge in [-0.3, -0.25) is 9.13 Å². The van der Waals surface area contributed by atoms with E-state index >= 15 is 0 Å². The number of aromatic nitrogens is 3. The Balaban J connectivity index is 1.72. The molecule has 0 bridgehead atoms. The van der Waals surface area contributed by atoms with Crippen LogP contribution >= 0.6 is 0 Å². The summed E-state index contributed by atoms with van der Waals surface area (Å²) in [6, 6.07) is 21.3. The molecule has 1 atom stereocenters. The summed E-state index contributed by atoms with van der Waals surface area (Å²) in [5, 5.41) is 20.7. The van der Waals surface area contributed by atoms with E-state index in [0.29, 0.717) is 16.6 Å². The van der Waals surface area contributed by atoms with Gasteiger partial charge in [0.25, 0.3) is 0 Å². The highest BCUT2D eigenvalue weighted by molar-refractivity contribution is 5.87. The highest BCUT2D eigenvalue weighted by atomic mass is 16.4. The van der Waals surface area contributed by atoms with Crippen LogP contribution in [0.3, 0.4) is 0 Å². The largest absolute Gasteiger partial charge is 0.480 e. The number of carboxylic acid groups (broad SMARTS) is 1. The molecule has 3 aromatic carbocycles. The van der Waals surface area contributed by atoms with E-state index in [4.69, 9.17) is 0 Å². The third kappa shape index (κ3) is 3.79. The average molecular weight is 465 g/mol. The van der Waals surface area contributed by atoms with Crippen molar-refractivity contribution < 1.29 is 9.90 Å². The Kier molecular flexibility index (Phi) is 5.50. The zero-order valence-electron chi connectivity index (χ0n) is 19.5. The molecule has 1 N–H and O–H groups in total. The van der Waals surface area contributed by atoms with Crippen molar-refractivity contribution in [3.05, 3.63) is 106 Å². The third-order valence-corrected chi connectivity index (χ3v) is 6.59. The third-order valence-electron chi connectivity index (χ3n) is 6.59. The first-order valence-corrected chi connectivity index (χ1v) is 11.3. The molecule has 5 aromatic rings. The van der Waals surface area contributed by atoms with Crippen LogP contribution in [0.2, 0.25) is 0 Å². The standard InChI is InChI=1S/C28H24N4O3/c1-18-7-6-10-23-26(18)21(16-30(23)2)17-31-22-12-11-20(15-29)14-24(22)32(28(31)35)25(27(33)34)13-19-8-4-3-5-9-19/h3-12,14,16,25H,13,17H2,1-2H3,(H,33,34)/t25-/m0/s1. The van der Waals surface area contributed by atoms with Crippen molar-refractivity contribution in [2.45, 2.75) is 25.9 Å². The molecule has 0 aliphatic heterocycles. The lowest BCUT2D eigenvalue weighted by Gasteiger charge is -2.14. The lowest BCUT2D eigenvalue weighted by Crippen LogP contribution is -2.32. The van der Waals surface area contributed by atoms with E-state index in [9.17, 15) is 20.0 Å². The number of nitrogens with zero attached hydrogens (tertiary/aromatic N) is 4. The fourth-order valence-electron chi connectivity index (χ4n) is 4.95. The van der Waals surface area contributed by atoms with Crippen LogP contribution in [0.25, 0.3) is 21.9 Å². The SMILES string of the molecule is Cc1cccc2c1c(Cn1c(=O)n([C@@H](Cc3ccccc3)C(=O)O)c3cc(C#N)ccc31)cn2C. The Labute approximate surface area is 201 Å². The number of aliphatic carboxylic acids is 1. The summed E-state index contributed by atoms with van der Waals surface area (Å²) in [5.41, 5.74) is 4.95. The van der Waals surface area contributed by atoms with E-state index in [2.05, 4.69) is 6.07 Å². The van der Waals surface area contributed by atoms with Gasteiger partial charge in [0.1, 0.15) is 6.04 Å². The topological polar surface area (TPSA) is 93.0 Å². The molecule has 0 aliphatic rings. The van der Waals surface area contributed by atoms with Crippen molar-refractivity contribution >= 4 is 27.9 Å². The van der Waals surface area contributed by atoms with Crippen LogP contribution in [0.5, 0.6) is 0 Å². The first-order chi connectivity index (χ1) is 16.9. The van der Waals surface area contributed by atoms with Crippen LogP contribution < -0.4 is 5.69 Å². The van der Waals surface area contributed by atoms with E-state index in [1.54, 1.807) is 22.8 Å². The number of fused-ring (bicyclic) bond motifs is 2. The van der Waals surface area contributed by atoms with E-state index < -0.39 is 17.7 Å². The lowest BCUT2D eigenvalue weighted by molar-refractivity contribution is -0.140. The van der Waals surface area contributed by atoms with E-state index in [1.165, 1.54) is 4.57 Å². The highest BCUT2D eigenvalue weighted by Gasteiger charge is 2.27. The molecule has 7 nitrogen and oxygen atoms in total. The molecule has 0 spiro atoms. The van der Waals surface area contributed by atoms with Crippen molar-refractivity contribution in [3.63, 3.8) is 0 Å². The van der Waals surface area contributed by atoms with Gasteiger partial charge in [0, 0.05) is 30.6 Å². The molecule has 0 saturated carbocycles. The second-order valence-electron chi connectivity index (χ2n) is 8.83. The molecule has 0 saturated heterocycles. The first kappa shape index (κ1) is 22.2. The molecular weight excluding hydrogens is 440 g/mol. The fourth-order valence-corrected chi connectivity index (χ4v) is 4.95. The van der Waals surface area contributed by atoms with E-state index in [1.807, 2.05) is 73.3 Å². The van der Waals surface area contributed by atoms with Gasteiger partial charge >= 0.3 is 11.7 Å². The Morgan fingerprint density at radius 2 is 1.80 bits per heavy atom. The average Bonchev–Trinajstić information content (AvgIpc) is 3.32. The number of imidazole rings is 1. The molecule has 5 rings (SSSR count). The summed E-state index contributed by atoms with van der Waals surface area (Å²) >= 11 is 0. The van der Waals surface area contributed by atoms with Gasteiger partial charge < -0.3 is 9.67 Å². The van der Waals surface area contributed by atoms with Gasteiger partial charge in [-0.15, -0.1) is 0 Å². The molecular formula is C28H24N4O3. The predicted molar refractivity (Wildman–Crippen MR) is 134 cm³/mol. The summed E-state index contributed by atoms with van der Waals surface area (Å²) in [7, 11) is 1.97. The van der Waals surface area contributed by atoms with Gasteiger partial charge in [0.05, 0.1) is 29.2 Å². The lowest BCUT2D eigenvalue weighted by atomic mass is 10.1. The Morgan fingerprint density at radius 3 is 2.51 bits per heavy atom. The van der Waals surface area contributed by atoms with E-state index in [0.717, 1.165) is 27.6 Å². The Bertz CT molecular complexity index is 1680. The highest BCUT2D eigenvalue weighted by Crippen LogP contribution is 2.27. The summed E-state index contributed by atoms with van der Waals surface area (Å²) in [6.07, 6.45) is 2.16. The second kappa shape index (κ2) is 8.65. The monoisotopic (exact) mass is 464 g/mol. The fraction of sp³-hybridized carbons (Fsp3) is 0.179. The van der Waals surface area contributed by atoms with Crippen LogP contribution in [-0.4, -0.2) is 24.8 Å². The molecule has 174 valence electrons. The quantitative estimate of drug-likeness (QED) is 0.403. The van der Waals surface area contributed by atoms with Crippen molar-refractivity contribution in [1.29, 1.82) is 5.26 Å². The van der Waals surface area contributed by atoms with Gasteiger partial charge in [-0.25, -0.2) is 9.59 Å². The zero-order valence-corrected chi connectivity index (χ0v) is 19.5. The second-order valence-corrected chi connectivity index (χ2v) is 8.83. The number of nitriles is 1. The molecule has 0 unspecified atom stereocenters. The maximum atomic E-state index is 13.8. The summed E-state index contributed by atoms with van der Waals surface area (Å²) in [5.74, 6) is -1.10.